The van der Waals surface area contributed by atoms with Crippen LogP contribution < -0.4 is 0 Å². The summed E-state index contributed by atoms with van der Waals surface area (Å²) in [7, 11) is 0. The molecule has 0 aliphatic carbocycles. The zero-order valence-electron chi connectivity index (χ0n) is 10.7. The Morgan fingerprint density at radius 3 is 2.38 bits per heavy atom. The standard InChI is InChI=1S/C14H9N3O4/c18-16(19)11-5-6-13(14(9-11)17(20)21)15-8-7-10-3-1-2-4-12(10)15/h1-9H. The number of non-ortho nitro benzene ring substituents is 1. The minimum atomic E-state index is -0.648. The lowest BCUT2D eigenvalue weighted by atomic mass is 10.2. The van der Waals surface area contributed by atoms with Crippen molar-refractivity contribution in [2.75, 3.05) is 0 Å². The van der Waals surface area contributed by atoms with Crippen molar-refractivity contribution in [1.29, 1.82) is 0 Å². The number of fused-ring (bicyclic) bond motifs is 1. The topological polar surface area (TPSA) is 91.2 Å². The first kappa shape index (κ1) is 12.8. The van der Waals surface area contributed by atoms with Gasteiger partial charge in [-0.3, -0.25) is 20.2 Å². The van der Waals surface area contributed by atoms with Crippen molar-refractivity contribution >= 4 is 22.3 Å². The SMILES string of the molecule is O=[N+]([O-])c1ccc(-n2ccc3ccccc32)c([N+](=O)[O-])c1. The number of nitro groups is 2. The Hall–Kier alpha value is -3.22. The van der Waals surface area contributed by atoms with E-state index in [0.29, 0.717) is 5.69 Å². The Labute approximate surface area is 118 Å². The van der Waals surface area contributed by atoms with Crippen LogP contribution in [-0.4, -0.2) is 14.4 Å². The summed E-state index contributed by atoms with van der Waals surface area (Å²) in [5.74, 6) is 0. The van der Waals surface area contributed by atoms with Gasteiger partial charge in [0.25, 0.3) is 11.4 Å². The number of benzene rings is 2. The maximum atomic E-state index is 11.2. The second-order valence-corrected chi connectivity index (χ2v) is 4.43. The molecule has 0 saturated carbocycles. The van der Waals surface area contributed by atoms with E-state index in [1.807, 2.05) is 30.3 Å². The summed E-state index contributed by atoms with van der Waals surface area (Å²) in [4.78, 5) is 20.7. The molecule has 3 aromatic rings. The molecule has 0 amide bonds. The predicted octanol–water partition coefficient (Wildman–Crippen LogP) is 3.45. The van der Waals surface area contributed by atoms with Gasteiger partial charge in [-0.25, -0.2) is 0 Å². The van der Waals surface area contributed by atoms with E-state index >= 15 is 0 Å². The minimum absolute atomic E-state index is 0.298. The van der Waals surface area contributed by atoms with Gasteiger partial charge < -0.3 is 4.57 Å². The number of rotatable bonds is 3. The zero-order valence-corrected chi connectivity index (χ0v) is 10.7. The zero-order chi connectivity index (χ0) is 15.0. The fourth-order valence-corrected chi connectivity index (χ4v) is 2.27. The van der Waals surface area contributed by atoms with E-state index in [4.69, 9.17) is 0 Å². The van der Waals surface area contributed by atoms with Gasteiger partial charge in [0, 0.05) is 12.3 Å². The average molecular weight is 283 g/mol. The van der Waals surface area contributed by atoms with Crippen LogP contribution in [0.5, 0.6) is 0 Å². The van der Waals surface area contributed by atoms with Crippen molar-refractivity contribution in [3.63, 3.8) is 0 Å². The Morgan fingerprint density at radius 1 is 0.905 bits per heavy atom. The van der Waals surface area contributed by atoms with E-state index in [1.54, 1.807) is 10.8 Å². The number of hydrogen-bond acceptors (Lipinski definition) is 4. The average Bonchev–Trinajstić information content (AvgIpc) is 2.90. The van der Waals surface area contributed by atoms with Crippen molar-refractivity contribution in [3.05, 3.63) is 75.0 Å². The molecule has 0 saturated heterocycles. The van der Waals surface area contributed by atoms with Crippen LogP contribution in [0.25, 0.3) is 16.6 Å². The Kier molecular flexibility index (Phi) is 2.87. The highest BCUT2D eigenvalue weighted by molar-refractivity contribution is 5.83. The van der Waals surface area contributed by atoms with Gasteiger partial charge in [-0.05, 0) is 23.6 Å². The summed E-state index contributed by atoms with van der Waals surface area (Å²) in [6.07, 6.45) is 1.71. The minimum Gasteiger partial charge on any atom is -0.311 e. The number of nitrogens with zero attached hydrogens (tertiary/aromatic N) is 3. The fourth-order valence-electron chi connectivity index (χ4n) is 2.27. The van der Waals surface area contributed by atoms with Crippen LogP contribution in [-0.2, 0) is 0 Å². The third kappa shape index (κ3) is 2.10. The van der Waals surface area contributed by atoms with E-state index < -0.39 is 9.85 Å². The van der Waals surface area contributed by atoms with Gasteiger partial charge in [-0.2, -0.15) is 0 Å². The first-order chi connectivity index (χ1) is 10.1. The van der Waals surface area contributed by atoms with Crippen molar-refractivity contribution < 1.29 is 9.85 Å². The van der Waals surface area contributed by atoms with Gasteiger partial charge in [0.15, 0.2) is 0 Å². The van der Waals surface area contributed by atoms with Gasteiger partial charge >= 0.3 is 0 Å². The molecule has 104 valence electrons. The number of para-hydroxylation sites is 1. The maximum absolute atomic E-state index is 11.2. The number of aromatic nitrogens is 1. The second kappa shape index (κ2) is 4.71. The Morgan fingerprint density at radius 2 is 1.67 bits per heavy atom. The van der Waals surface area contributed by atoms with E-state index in [9.17, 15) is 20.2 Å². The molecule has 0 aliphatic heterocycles. The predicted molar refractivity (Wildman–Crippen MR) is 76.6 cm³/mol. The molecule has 2 aromatic carbocycles. The van der Waals surface area contributed by atoms with Crippen LogP contribution in [0.3, 0.4) is 0 Å². The van der Waals surface area contributed by atoms with Gasteiger partial charge in [-0.15, -0.1) is 0 Å². The van der Waals surface area contributed by atoms with Gasteiger partial charge in [0.2, 0.25) is 0 Å². The first-order valence-electron chi connectivity index (χ1n) is 6.07. The van der Waals surface area contributed by atoms with Crippen molar-refractivity contribution in [2.45, 2.75) is 0 Å². The van der Waals surface area contributed by atoms with E-state index in [1.165, 1.54) is 12.1 Å². The summed E-state index contributed by atoms with van der Waals surface area (Å²) in [6.45, 7) is 0. The Balaban J connectivity index is 2.27. The van der Waals surface area contributed by atoms with E-state index in [2.05, 4.69) is 0 Å². The van der Waals surface area contributed by atoms with Crippen LogP contribution in [0.15, 0.2) is 54.7 Å². The third-order valence-corrected chi connectivity index (χ3v) is 3.23. The molecule has 7 heteroatoms. The van der Waals surface area contributed by atoms with Gasteiger partial charge in [-0.1, -0.05) is 18.2 Å². The van der Waals surface area contributed by atoms with Crippen LogP contribution in [0.2, 0.25) is 0 Å². The normalized spacial score (nSPS) is 10.7. The van der Waals surface area contributed by atoms with Crippen molar-refractivity contribution in [3.8, 4) is 5.69 Å². The summed E-state index contributed by atoms with van der Waals surface area (Å²) in [5, 5.41) is 22.9. The smallest absolute Gasteiger partial charge is 0.300 e. The molecule has 7 nitrogen and oxygen atoms in total. The molecular weight excluding hydrogens is 274 g/mol. The highest BCUT2D eigenvalue weighted by Gasteiger charge is 2.21. The highest BCUT2D eigenvalue weighted by atomic mass is 16.6. The quantitative estimate of drug-likeness (QED) is 0.543. The molecular formula is C14H9N3O4. The monoisotopic (exact) mass is 283 g/mol. The molecule has 0 aliphatic rings. The second-order valence-electron chi connectivity index (χ2n) is 4.43. The molecule has 0 spiro atoms. The maximum Gasteiger partial charge on any atom is 0.300 e. The molecule has 0 unspecified atom stereocenters. The van der Waals surface area contributed by atoms with E-state index in [-0.39, 0.29) is 11.4 Å². The lowest BCUT2D eigenvalue weighted by Crippen LogP contribution is -2.00. The highest BCUT2D eigenvalue weighted by Crippen LogP contribution is 2.30. The number of hydrogen-bond donors (Lipinski definition) is 0. The van der Waals surface area contributed by atoms with Crippen LogP contribution in [0.4, 0.5) is 11.4 Å². The third-order valence-electron chi connectivity index (χ3n) is 3.23. The first-order valence-corrected chi connectivity index (χ1v) is 6.07. The molecule has 0 bridgehead atoms. The van der Waals surface area contributed by atoms with Crippen LogP contribution >= 0.6 is 0 Å². The Bertz CT molecular complexity index is 870. The molecule has 0 fully saturated rings. The lowest BCUT2D eigenvalue weighted by molar-refractivity contribution is -0.394. The van der Waals surface area contributed by atoms with E-state index in [0.717, 1.165) is 17.0 Å². The lowest BCUT2D eigenvalue weighted by Gasteiger charge is -2.06. The van der Waals surface area contributed by atoms with Crippen LogP contribution in [0.1, 0.15) is 0 Å². The molecule has 1 heterocycles. The molecule has 0 atom stereocenters. The number of nitro benzene ring substituents is 2. The molecule has 0 N–H and O–H groups in total. The molecule has 3 rings (SSSR count). The fraction of sp³-hybridized carbons (Fsp3) is 0. The van der Waals surface area contributed by atoms with Crippen molar-refractivity contribution in [2.24, 2.45) is 0 Å². The summed E-state index contributed by atoms with van der Waals surface area (Å²) < 4.78 is 1.65. The molecule has 0 radical (unpaired) electrons. The molecule has 1 aromatic heterocycles. The summed E-state index contributed by atoms with van der Waals surface area (Å²) in [6, 6.07) is 12.9. The van der Waals surface area contributed by atoms with Crippen molar-refractivity contribution in [1.82, 2.24) is 4.57 Å². The van der Waals surface area contributed by atoms with Gasteiger partial charge in [0.05, 0.1) is 21.4 Å². The summed E-state index contributed by atoms with van der Waals surface area (Å²) in [5.41, 5.74) is 0.494. The van der Waals surface area contributed by atoms with Crippen LogP contribution in [0, 0.1) is 20.2 Å². The largest absolute Gasteiger partial charge is 0.311 e. The molecule has 21 heavy (non-hydrogen) atoms. The summed E-state index contributed by atoms with van der Waals surface area (Å²) >= 11 is 0. The van der Waals surface area contributed by atoms with Gasteiger partial charge in [0.1, 0.15) is 5.69 Å².